The number of pyridine rings is 1. The molecule has 31 heavy (non-hydrogen) atoms. The first-order chi connectivity index (χ1) is 14.8. The quantitative estimate of drug-likeness (QED) is 0.263. The highest BCUT2D eigenvalue weighted by atomic mass is 32.2. The van der Waals surface area contributed by atoms with Gasteiger partial charge in [0.1, 0.15) is 4.90 Å². The van der Waals surface area contributed by atoms with Crippen molar-refractivity contribution < 1.29 is 17.8 Å². The molecule has 10 nitrogen and oxygen atoms in total. The average Bonchev–Trinajstić information content (AvgIpc) is 3.25. The predicted molar refractivity (Wildman–Crippen MR) is 115 cm³/mol. The van der Waals surface area contributed by atoms with Crippen LogP contribution in [0.3, 0.4) is 0 Å². The van der Waals surface area contributed by atoms with Crippen LogP contribution in [0.2, 0.25) is 0 Å². The van der Waals surface area contributed by atoms with Gasteiger partial charge in [-0.25, -0.2) is 13.4 Å². The molecule has 0 aliphatic carbocycles. The third-order valence-corrected chi connectivity index (χ3v) is 7.54. The standard InChI is InChI=1S/C19H21N5O5S2/c1-4-23(5-2)31(27,28)16-10-11-17(20-12-16)30-13(3)18-21-22-19(29-18)14-6-8-15(9-7-14)24(25)26/h6-13H,4-5H2,1-3H3. The molecule has 0 saturated carbocycles. The Hall–Kier alpha value is -2.83. The van der Waals surface area contributed by atoms with Crippen molar-refractivity contribution in [1.82, 2.24) is 19.5 Å². The molecule has 1 atom stereocenters. The lowest BCUT2D eigenvalue weighted by Gasteiger charge is -2.18. The molecule has 12 heteroatoms. The van der Waals surface area contributed by atoms with E-state index in [2.05, 4.69) is 15.2 Å². The van der Waals surface area contributed by atoms with E-state index >= 15 is 0 Å². The fraction of sp³-hybridized carbons (Fsp3) is 0.316. The van der Waals surface area contributed by atoms with Gasteiger partial charge in [0.05, 0.1) is 15.2 Å². The summed E-state index contributed by atoms with van der Waals surface area (Å²) in [6.45, 7) is 6.21. The molecule has 0 spiro atoms. The van der Waals surface area contributed by atoms with Crippen LogP contribution in [-0.2, 0) is 10.0 Å². The van der Waals surface area contributed by atoms with E-state index in [1.54, 1.807) is 32.0 Å². The SMILES string of the molecule is CCN(CC)S(=O)(=O)c1ccc(SC(C)c2nnc(-c3ccc([N+](=O)[O-])cc3)o2)nc1. The number of hydrogen-bond acceptors (Lipinski definition) is 9. The van der Waals surface area contributed by atoms with E-state index in [9.17, 15) is 18.5 Å². The lowest BCUT2D eigenvalue weighted by molar-refractivity contribution is -0.384. The molecule has 2 aromatic heterocycles. The van der Waals surface area contributed by atoms with Crippen LogP contribution in [0.5, 0.6) is 0 Å². The second kappa shape index (κ2) is 9.54. The molecule has 0 fully saturated rings. The highest BCUT2D eigenvalue weighted by Gasteiger charge is 2.23. The van der Waals surface area contributed by atoms with E-state index in [4.69, 9.17) is 4.42 Å². The highest BCUT2D eigenvalue weighted by molar-refractivity contribution is 7.99. The summed E-state index contributed by atoms with van der Waals surface area (Å²) in [7, 11) is -3.56. The van der Waals surface area contributed by atoms with Crippen molar-refractivity contribution in [1.29, 1.82) is 0 Å². The summed E-state index contributed by atoms with van der Waals surface area (Å²) < 4.78 is 32.2. The van der Waals surface area contributed by atoms with Gasteiger partial charge in [-0.3, -0.25) is 10.1 Å². The van der Waals surface area contributed by atoms with Crippen molar-refractivity contribution >= 4 is 27.5 Å². The average molecular weight is 464 g/mol. The van der Waals surface area contributed by atoms with Gasteiger partial charge in [-0.15, -0.1) is 10.2 Å². The summed E-state index contributed by atoms with van der Waals surface area (Å²) in [5, 5.41) is 19.2. The molecule has 0 saturated heterocycles. The fourth-order valence-electron chi connectivity index (χ4n) is 2.77. The number of nitro benzene ring substituents is 1. The maximum atomic E-state index is 12.6. The van der Waals surface area contributed by atoms with Gasteiger partial charge in [-0.05, 0) is 31.2 Å². The molecule has 0 aliphatic heterocycles. The van der Waals surface area contributed by atoms with Crippen LogP contribution in [0.4, 0.5) is 5.69 Å². The minimum atomic E-state index is -3.56. The van der Waals surface area contributed by atoms with E-state index in [1.807, 2.05) is 6.92 Å². The number of hydrogen-bond donors (Lipinski definition) is 0. The van der Waals surface area contributed by atoms with Crippen molar-refractivity contribution in [2.45, 2.75) is 35.9 Å². The van der Waals surface area contributed by atoms with Crippen molar-refractivity contribution in [3.63, 3.8) is 0 Å². The molecule has 3 aromatic rings. The molecule has 1 aromatic carbocycles. The zero-order valence-corrected chi connectivity index (χ0v) is 18.8. The minimum Gasteiger partial charge on any atom is -0.419 e. The van der Waals surface area contributed by atoms with Gasteiger partial charge in [0.15, 0.2) is 0 Å². The first kappa shape index (κ1) is 22.8. The molecular weight excluding hydrogens is 442 g/mol. The number of benzene rings is 1. The molecular formula is C19H21N5O5S2. The van der Waals surface area contributed by atoms with E-state index in [0.29, 0.717) is 29.6 Å². The number of non-ortho nitro benzene ring substituents is 1. The number of rotatable bonds is 9. The van der Waals surface area contributed by atoms with Gasteiger partial charge in [0.2, 0.25) is 21.8 Å². The highest BCUT2D eigenvalue weighted by Crippen LogP contribution is 2.34. The van der Waals surface area contributed by atoms with E-state index in [-0.39, 0.29) is 21.7 Å². The Balaban J connectivity index is 1.71. The van der Waals surface area contributed by atoms with Crippen LogP contribution >= 0.6 is 11.8 Å². The predicted octanol–water partition coefficient (Wildman–Crippen LogP) is 3.92. The van der Waals surface area contributed by atoms with Gasteiger partial charge in [-0.1, -0.05) is 25.6 Å². The van der Waals surface area contributed by atoms with E-state index in [0.717, 1.165) is 0 Å². The monoisotopic (exact) mass is 463 g/mol. The number of sulfonamides is 1. The minimum absolute atomic E-state index is 0.0232. The third-order valence-electron chi connectivity index (χ3n) is 4.46. The molecule has 0 bridgehead atoms. The fourth-order valence-corrected chi connectivity index (χ4v) is 5.00. The third kappa shape index (κ3) is 5.09. The van der Waals surface area contributed by atoms with Crippen molar-refractivity contribution in [3.8, 4) is 11.5 Å². The molecule has 0 amide bonds. The molecule has 0 aliphatic rings. The summed E-state index contributed by atoms with van der Waals surface area (Å²) in [4.78, 5) is 14.7. The molecule has 0 N–H and O–H groups in total. The number of aromatic nitrogens is 3. The molecule has 164 valence electrons. The Labute approximate surface area is 183 Å². The summed E-state index contributed by atoms with van der Waals surface area (Å²) in [5.74, 6) is 0.617. The Morgan fingerprint density at radius 1 is 1.13 bits per heavy atom. The largest absolute Gasteiger partial charge is 0.419 e. The lowest BCUT2D eigenvalue weighted by atomic mass is 10.2. The zero-order valence-electron chi connectivity index (χ0n) is 17.1. The number of nitro groups is 1. The molecule has 3 rings (SSSR count). The number of thioether (sulfide) groups is 1. The van der Waals surface area contributed by atoms with Crippen LogP contribution in [0, 0.1) is 10.1 Å². The Morgan fingerprint density at radius 3 is 2.35 bits per heavy atom. The zero-order chi connectivity index (χ0) is 22.6. The topological polar surface area (TPSA) is 132 Å². The molecule has 0 radical (unpaired) electrons. The smallest absolute Gasteiger partial charge is 0.269 e. The lowest BCUT2D eigenvalue weighted by Crippen LogP contribution is -2.30. The first-order valence-corrected chi connectivity index (χ1v) is 11.8. The van der Waals surface area contributed by atoms with Crippen LogP contribution in [-0.4, -0.2) is 45.9 Å². The van der Waals surface area contributed by atoms with Crippen LogP contribution < -0.4 is 0 Å². The van der Waals surface area contributed by atoms with Gasteiger partial charge < -0.3 is 4.42 Å². The van der Waals surface area contributed by atoms with Gasteiger partial charge in [0, 0.05) is 37.0 Å². The van der Waals surface area contributed by atoms with Crippen LogP contribution in [0.15, 0.2) is 56.9 Å². The van der Waals surface area contributed by atoms with Gasteiger partial charge >= 0.3 is 0 Å². The maximum absolute atomic E-state index is 12.6. The van der Waals surface area contributed by atoms with Gasteiger partial charge in [-0.2, -0.15) is 4.31 Å². The first-order valence-electron chi connectivity index (χ1n) is 9.47. The second-order valence-electron chi connectivity index (χ2n) is 6.43. The normalized spacial score (nSPS) is 12.8. The number of nitrogens with zero attached hydrogens (tertiary/aromatic N) is 5. The summed E-state index contributed by atoms with van der Waals surface area (Å²) in [6, 6.07) is 9.01. The summed E-state index contributed by atoms with van der Waals surface area (Å²) in [6.07, 6.45) is 1.35. The van der Waals surface area contributed by atoms with Crippen LogP contribution in [0.25, 0.3) is 11.5 Å². The Morgan fingerprint density at radius 2 is 1.81 bits per heavy atom. The van der Waals surface area contributed by atoms with Gasteiger partial charge in [0.25, 0.3) is 5.69 Å². The maximum Gasteiger partial charge on any atom is 0.269 e. The van der Waals surface area contributed by atoms with Crippen molar-refractivity contribution in [2.75, 3.05) is 13.1 Å². The second-order valence-corrected chi connectivity index (χ2v) is 9.73. The van der Waals surface area contributed by atoms with E-state index in [1.165, 1.54) is 40.5 Å². The molecule has 1 unspecified atom stereocenters. The van der Waals surface area contributed by atoms with Crippen molar-refractivity contribution in [2.24, 2.45) is 0 Å². The van der Waals surface area contributed by atoms with E-state index < -0.39 is 14.9 Å². The summed E-state index contributed by atoms with van der Waals surface area (Å²) in [5.41, 5.74) is 0.551. The van der Waals surface area contributed by atoms with Crippen molar-refractivity contribution in [3.05, 3.63) is 58.6 Å². The Kier molecular flexibility index (Phi) is 7.03. The summed E-state index contributed by atoms with van der Waals surface area (Å²) >= 11 is 1.35. The molecule has 2 heterocycles. The Bertz CT molecular complexity index is 1140. The van der Waals surface area contributed by atoms with Crippen LogP contribution in [0.1, 0.15) is 31.9 Å².